The van der Waals surface area contributed by atoms with Crippen LogP contribution in [0, 0.1) is 6.07 Å². The number of hydrogen-bond acceptors (Lipinski definition) is 2. The molecule has 1 radical (unpaired) electrons. The molecule has 0 bridgehead atoms. The molecule has 1 aromatic carbocycles. The van der Waals surface area contributed by atoms with Crippen LogP contribution in [0.25, 0.3) is 10.8 Å². The van der Waals surface area contributed by atoms with Crippen molar-refractivity contribution in [3.63, 3.8) is 0 Å². The fraction of sp³-hybridized carbons (Fsp3) is 0. The molecule has 0 aliphatic rings. The Bertz CT molecular complexity index is 388. The zero-order chi connectivity index (χ0) is 8.55. The van der Waals surface area contributed by atoms with Crippen molar-refractivity contribution in [2.24, 2.45) is 0 Å². The second-order valence-electron chi connectivity index (χ2n) is 2.25. The predicted octanol–water partition coefficient (Wildman–Crippen LogP) is 2.74. The first-order valence-corrected chi connectivity index (χ1v) is 4.02. The van der Waals surface area contributed by atoms with Gasteiger partial charge < -0.3 is 0 Å². The molecule has 59 valence electrons. The molecule has 0 spiro atoms. The molecule has 2 nitrogen and oxygen atoms in total. The fourth-order valence-electron chi connectivity index (χ4n) is 0.977. The Labute approximate surface area is 79.1 Å². The molecular formula is C8H3Cl2N2. The molecule has 0 saturated heterocycles. The summed E-state index contributed by atoms with van der Waals surface area (Å²) in [4.78, 5) is 0. The van der Waals surface area contributed by atoms with Crippen LogP contribution in [0.5, 0.6) is 0 Å². The number of aromatic nitrogens is 2. The van der Waals surface area contributed by atoms with E-state index in [9.17, 15) is 0 Å². The van der Waals surface area contributed by atoms with Crippen molar-refractivity contribution < 1.29 is 0 Å². The van der Waals surface area contributed by atoms with Gasteiger partial charge in [-0.2, -0.15) is 0 Å². The van der Waals surface area contributed by atoms with E-state index in [1.54, 1.807) is 18.2 Å². The molecular weight excluding hydrogens is 195 g/mol. The number of benzene rings is 1. The van der Waals surface area contributed by atoms with Gasteiger partial charge in [0.1, 0.15) is 0 Å². The second-order valence-corrected chi connectivity index (χ2v) is 2.97. The number of rotatable bonds is 0. The minimum atomic E-state index is 0.353. The Morgan fingerprint density at radius 2 is 1.75 bits per heavy atom. The SMILES string of the molecule is Clc1nnc(Cl)c2cc[c]cc12. The smallest absolute Gasteiger partial charge is 0.136 e. The summed E-state index contributed by atoms with van der Waals surface area (Å²) in [5.74, 6) is 0. The molecule has 0 unspecified atom stereocenters. The van der Waals surface area contributed by atoms with Crippen LogP contribution in [0.15, 0.2) is 18.2 Å². The lowest BCUT2D eigenvalue weighted by atomic mass is 10.2. The van der Waals surface area contributed by atoms with Crippen molar-refractivity contribution in [1.29, 1.82) is 0 Å². The lowest BCUT2D eigenvalue weighted by Crippen LogP contribution is -1.85. The third kappa shape index (κ3) is 1.13. The van der Waals surface area contributed by atoms with E-state index in [1.807, 2.05) is 0 Å². The number of nitrogens with zero attached hydrogens (tertiary/aromatic N) is 2. The van der Waals surface area contributed by atoms with E-state index in [0.29, 0.717) is 10.3 Å². The van der Waals surface area contributed by atoms with E-state index >= 15 is 0 Å². The van der Waals surface area contributed by atoms with Gasteiger partial charge in [-0.25, -0.2) is 0 Å². The van der Waals surface area contributed by atoms with Gasteiger partial charge in [0, 0.05) is 10.8 Å². The molecule has 0 fully saturated rings. The summed E-state index contributed by atoms with van der Waals surface area (Å²) in [6, 6.07) is 8.19. The first-order chi connectivity index (χ1) is 5.79. The Morgan fingerprint density at radius 1 is 1.08 bits per heavy atom. The Hall–Kier alpha value is -0.860. The molecule has 0 saturated carbocycles. The van der Waals surface area contributed by atoms with Crippen LogP contribution in [0.3, 0.4) is 0 Å². The van der Waals surface area contributed by atoms with Crippen molar-refractivity contribution in [1.82, 2.24) is 10.2 Å². The Morgan fingerprint density at radius 3 is 2.42 bits per heavy atom. The highest BCUT2D eigenvalue weighted by Crippen LogP contribution is 2.24. The number of hydrogen-bond donors (Lipinski definition) is 0. The number of fused-ring (bicyclic) bond motifs is 1. The maximum Gasteiger partial charge on any atom is 0.159 e. The van der Waals surface area contributed by atoms with E-state index < -0.39 is 0 Å². The second kappa shape index (κ2) is 2.88. The van der Waals surface area contributed by atoms with E-state index in [2.05, 4.69) is 16.3 Å². The standard InChI is InChI=1S/C8H3Cl2N2/c9-7-5-3-1-2-4-6(5)8(10)12-11-7/h1,3-4H. The first kappa shape index (κ1) is 7.77. The van der Waals surface area contributed by atoms with Crippen molar-refractivity contribution in [2.45, 2.75) is 0 Å². The maximum absolute atomic E-state index is 5.78. The zero-order valence-corrected chi connectivity index (χ0v) is 7.39. The van der Waals surface area contributed by atoms with Crippen LogP contribution in [0.2, 0.25) is 10.3 Å². The van der Waals surface area contributed by atoms with Gasteiger partial charge in [0.2, 0.25) is 0 Å². The van der Waals surface area contributed by atoms with E-state index in [4.69, 9.17) is 23.2 Å². The lowest BCUT2D eigenvalue weighted by molar-refractivity contribution is 1.05. The highest BCUT2D eigenvalue weighted by Gasteiger charge is 2.03. The third-order valence-corrected chi connectivity index (χ3v) is 2.09. The average molecular weight is 198 g/mol. The highest BCUT2D eigenvalue weighted by molar-refractivity contribution is 6.38. The van der Waals surface area contributed by atoms with Crippen molar-refractivity contribution in [2.75, 3.05) is 0 Å². The van der Waals surface area contributed by atoms with Crippen LogP contribution in [0.4, 0.5) is 0 Å². The van der Waals surface area contributed by atoms with Gasteiger partial charge in [0.25, 0.3) is 0 Å². The molecule has 2 rings (SSSR count). The van der Waals surface area contributed by atoms with Crippen molar-refractivity contribution in [3.8, 4) is 0 Å². The van der Waals surface area contributed by atoms with Crippen LogP contribution in [0.1, 0.15) is 0 Å². The lowest BCUT2D eigenvalue weighted by Gasteiger charge is -1.98. The summed E-state index contributed by atoms with van der Waals surface area (Å²) in [5, 5.41) is 9.64. The van der Waals surface area contributed by atoms with Gasteiger partial charge in [-0.15, -0.1) is 10.2 Å². The quantitative estimate of drug-likeness (QED) is 0.650. The first-order valence-electron chi connectivity index (χ1n) is 3.26. The molecule has 0 N–H and O–H groups in total. The zero-order valence-electron chi connectivity index (χ0n) is 5.88. The van der Waals surface area contributed by atoms with Gasteiger partial charge >= 0.3 is 0 Å². The van der Waals surface area contributed by atoms with E-state index in [-0.39, 0.29) is 0 Å². The summed E-state index contributed by atoms with van der Waals surface area (Å²) in [7, 11) is 0. The van der Waals surface area contributed by atoms with Gasteiger partial charge in [0.05, 0.1) is 0 Å². The summed E-state index contributed by atoms with van der Waals surface area (Å²) < 4.78 is 0. The summed E-state index contributed by atoms with van der Waals surface area (Å²) in [6.07, 6.45) is 0. The topological polar surface area (TPSA) is 25.8 Å². The normalized spacial score (nSPS) is 10.5. The molecule has 0 aliphatic carbocycles. The number of halogens is 2. The van der Waals surface area contributed by atoms with Crippen molar-refractivity contribution in [3.05, 3.63) is 34.6 Å². The largest absolute Gasteiger partial charge is 0.159 e. The van der Waals surface area contributed by atoms with Crippen LogP contribution < -0.4 is 0 Å². The molecule has 0 atom stereocenters. The molecule has 12 heavy (non-hydrogen) atoms. The van der Waals surface area contributed by atoms with Gasteiger partial charge in [-0.3, -0.25) is 0 Å². The maximum atomic E-state index is 5.78. The van der Waals surface area contributed by atoms with Gasteiger partial charge in [0.15, 0.2) is 10.3 Å². The van der Waals surface area contributed by atoms with Crippen LogP contribution in [-0.2, 0) is 0 Å². The average Bonchev–Trinajstić information content (AvgIpc) is 2.12. The molecule has 0 amide bonds. The Balaban J connectivity index is 2.95. The van der Waals surface area contributed by atoms with Gasteiger partial charge in [-0.1, -0.05) is 35.3 Å². The summed E-state index contributed by atoms with van der Waals surface area (Å²) in [5.41, 5.74) is 0. The molecule has 4 heteroatoms. The summed E-state index contributed by atoms with van der Waals surface area (Å²) >= 11 is 11.6. The highest BCUT2D eigenvalue weighted by atomic mass is 35.5. The minimum Gasteiger partial charge on any atom is -0.136 e. The summed E-state index contributed by atoms with van der Waals surface area (Å²) in [6.45, 7) is 0. The molecule has 1 aromatic heterocycles. The van der Waals surface area contributed by atoms with Gasteiger partial charge in [-0.05, 0) is 12.1 Å². The third-order valence-electron chi connectivity index (χ3n) is 1.53. The molecule has 0 aliphatic heterocycles. The molecule has 2 aromatic rings. The van der Waals surface area contributed by atoms with Crippen molar-refractivity contribution >= 4 is 34.0 Å². The van der Waals surface area contributed by atoms with Crippen LogP contribution in [-0.4, -0.2) is 10.2 Å². The fourth-order valence-corrected chi connectivity index (χ4v) is 1.37. The van der Waals surface area contributed by atoms with Crippen LogP contribution >= 0.6 is 23.2 Å². The monoisotopic (exact) mass is 197 g/mol. The van der Waals surface area contributed by atoms with E-state index in [0.717, 1.165) is 10.8 Å². The minimum absolute atomic E-state index is 0.353. The molecule has 1 heterocycles. The predicted molar refractivity (Wildman–Crippen MR) is 48.4 cm³/mol. The van der Waals surface area contributed by atoms with E-state index in [1.165, 1.54) is 0 Å². The Kier molecular flexibility index (Phi) is 1.87.